The molecule has 1 rings (SSSR count). The van der Waals surface area contributed by atoms with Gasteiger partial charge in [-0.2, -0.15) is 11.8 Å². The van der Waals surface area contributed by atoms with E-state index in [9.17, 15) is 4.79 Å². The van der Waals surface area contributed by atoms with Crippen molar-refractivity contribution in [2.24, 2.45) is 0 Å². The highest BCUT2D eigenvalue weighted by Gasteiger charge is 2.01. The third-order valence-corrected chi connectivity index (χ3v) is 3.53. The summed E-state index contributed by atoms with van der Waals surface area (Å²) in [6, 6.07) is 6.06. The van der Waals surface area contributed by atoms with Crippen molar-refractivity contribution in [3.63, 3.8) is 0 Å². The summed E-state index contributed by atoms with van der Waals surface area (Å²) in [6.45, 7) is 6.67. The Kier molecular flexibility index (Phi) is 6.65. The molecule has 0 bridgehead atoms. The third kappa shape index (κ3) is 5.45. The maximum atomic E-state index is 11.1. The highest BCUT2D eigenvalue weighted by atomic mass is 32.2. The van der Waals surface area contributed by atoms with Crippen LogP contribution in [0.25, 0.3) is 0 Å². The van der Waals surface area contributed by atoms with E-state index in [0.717, 1.165) is 29.9 Å². The van der Waals surface area contributed by atoms with E-state index >= 15 is 0 Å². The normalized spacial score (nSPS) is 10.2. The van der Waals surface area contributed by atoms with Crippen molar-refractivity contribution >= 4 is 29.0 Å². The number of nitrogens with one attached hydrogen (secondary N) is 2. The van der Waals surface area contributed by atoms with Crippen molar-refractivity contribution in [1.82, 2.24) is 0 Å². The topological polar surface area (TPSA) is 41.1 Å². The molecule has 0 aromatic heterocycles. The molecule has 0 unspecified atom stereocenters. The van der Waals surface area contributed by atoms with E-state index in [1.54, 1.807) is 0 Å². The minimum Gasteiger partial charge on any atom is -0.385 e. The van der Waals surface area contributed by atoms with E-state index in [1.807, 2.05) is 36.9 Å². The van der Waals surface area contributed by atoms with Crippen LogP contribution in [0.1, 0.15) is 25.8 Å². The highest BCUT2D eigenvalue weighted by Crippen LogP contribution is 2.20. The molecule has 0 fully saturated rings. The second-order valence-electron chi connectivity index (χ2n) is 4.19. The number of benzene rings is 1. The van der Waals surface area contributed by atoms with Crippen LogP contribution in [0, 0.1) is 6.92 Å². The van der Waals surface area contributed by atoms with Gasteiger partial charge in [-0.15, -0.1) is 0 Å². The van der Waals surface area contributed by atoms with Crippen molar-refractivity contribution in [2.45, 2.75) is 27.2 Å². The molecular formula is C14H22N2OS. The summed E-state index contributed by atoms with van der Waals surface area (Å²) in [6.07, 6.45) is 1.15. The first kappa shape index (κ1) is 14.9. The fraction of sp³-hybridized carbons (Fsp3) is 0.500. The number of hydrogen-bond donors (Lipinski definition) is 2. The number of thioether (sulfide) groups is 1. The van der Waals surface area contributed by atoms with Crippen LogP contribution in [0.3, 0.4) is 0 Å². The predicted octanol–water partition coefficient (Wildman–Crippen LogP) is 3.51. The van der Waals surface area contributed by atoms with E-state index < -0.39 is 0 Å². The van der Waals surface area contributed by atoms with E-state index in [-0.39, 0.29) is 5.91 Å². The molecule has 4 heteroatoms. The first-order valence-electron chi connectivity index (χ1n) is 6.33. The van der Waals surface area contributed by atoms with Crippen LogP contribution >= 0.6 is 11.8 Å². The lowest BCUT2D eigenvalue weighted by Crippen LogP contribution is -2.08. The highest BCUT2D eigenvalue weighted by molar-refractivity contribution is 7.99. The van der Waals surface area contributed by atoms with Crippen LogP contribution in [0.4, 0.5) is 11.4 Å². The lowest BCUT2D eigenvalue weighted by atomic mass is 10.1. The molecule has 0 aliphatic rings. The fourth-order valence-corrected chi connectivity index (χ4v) is 2.24. The number of hydrogen-bond acceptors (Lipinski definition) is 3. The van der Waals surface area contributed by atoms with Crippen molar-refractivity contribution in [2.75, 3.05) is 28.7 Å². The van der Waals surface area contributed by atoms with Gasteiger partial charge in [0.2, 0.25) is 5.91 Å². The van der Waals surface area contributed by atoms with Gasteiger partial charge in [-0.05, 0) is 42.5 Å². The second-order valence-corrected chi connectivity index (χ2v) is 5.58. The predicted molar refractivity (Wildman–Crippen MR) is 81.6 cm³/mol. The maximum absolute atomic E-state index is 11.1. The monoisotopic (exact) mass is 266 g/mol. The zero-order valence-electron chi connectivity index (χ0n) is 11.4. The number of aryl methyl sites for hydroxylation is 1. The van der Waals surface area contributed by atoms with Gasteiger partial charge in [0.25, 0.3) is 0 Å². The molecule has 0 saturated carbocycles. The van der Waals surface area contributed by atoms with Crippen LogP contribution in [0.15, 0.2) is 18.2 Å². The van der Waals surface area contributed by atoms with Gasteiger partial charge in [-0.1, -0.05) is 13.0 Å². The average molecular weight is 266 g/mol. The van der Waals surface area contributed by atoms with Crippen LogP contribution in [0.2, 0.25) is 0 Å². The van der Waals surface area contributed by atoms with Gasteiger partial charge in [0, 0.05) is 24.8 Å². The van der Waals surface area contributed by atoms with E-state index in [1.165, 1.54) is 18.4 Å². The van der Waals surface area contributed by atoms with Crippen LogP contribution in [0.5, 0.6) is 0 Å². The van der Waals surface area contributed by atoms with Crippen LogP contribution in [-0.4, -0.2) is 24.0 Å². The molecule has 0 aliphatic heterocycles. The lowest BCUT2D eigenvalue weighted by molar-refractivity contribution is -0.114. The van der Waals surface area contributed by atoms with Gasteiger partial charge in [0.15, 0.2) is 0 Å². The van der Waals surface area contributed by atoms with Crippen molar-refractivity contribution in [3.8, 4) is 0 Å². The number of rotatable bonds is 7. The first-order valence-corrected chi connectivity index (χ1v) is 7.48. The zero-order chi connectivity index (χ0) is 13.4. The van der Waals surface area contributed by atoms with Crippen molar-refractivity contribution in [1.29, 1.82) is 0 Å². The minimum atomic E-state index is -0.0328. The molecule has 0 aliphatic carbocycles. The van der Waals surface area contributed by atoms with Crippen molar-refractivity contribution < 1.29 is 4.79 Å². The molecule has 0 atom stereocenters. The standard InChI is InChI=1S/C14H22N2OS/c1-4-18-9-5-8-15-13-7-6-11(2)14(10-13)16-12(3)17/h6-7,10,15H,4-5,8-9H2,1-3H3,(H,16,17). The summed E-state index contributed by atoms with van der Waals surface area (Å²) in [7, 11) is 0. The molecule has 0 saturated heterocycles. The van der Waals surface area contributed by atoms with E-state index in [2.05, 4.69) is 17.6 Å². The molecule has 1 aromatic rings. The Labute approximate surface area is 114 Å². The summed E-state index contributed by atoms with van der Waals surface area (Å²) in [4.78, 5) is 11.1. The Hall–Kier alpha value is -1.16. The van der Waals surface area contributed by atoms with Gasteiger partial charge >= 0.3 is 0 Å². The van der Waals surface area contributed by atoms with Crippen LogP contribution in [-0.2, 0) is 4.79 Å². The molecule has 0 spiro atoms. The molecule has 100 valence electrons. The summed E-state index contributed by atoms with van der Waals surface area (Å²) in [5.41, 5.74) is 3.03. The van der Waals surface area contributed by atoms with Gasteiger partial charge in [0.05, 0.1) is 0 Å². The Morgan fingerprint density at radius 2 is 2.17 bits per heavy atom. The van der Waals surface area contributed by atoms with Gasteiger partial charge in [-0.25, -0.2) is 0 Å². The Morgan fingerprint density at radius 3 is 2.83 bits per heavy atom. The maximum Gasteiger partial charge on any atom is 0.221 e. The van der Waals surface area contributed by atoms with Gasteiger partial charge in [0.1, 0.15) is 0 Å². The number of amides is 1. The molecule has 0 heterocycles. The minimum absolute atomic E-state index is 0.0328. The summed E-state index contributed by atoms with van der Waals surface area (Å²) in [5.74, 6) is 2.33. The smallest absolute Gasteiger partial charge is 0.221 e. The van der Waals surface area contributed by atoms with E-state index in [4.69, 9.17) is 0 Å². The summed E-state index contributed by atoms with van der Waals surface area (Å²) in [5, 5.41) is 6.22. The SMILES string of the molecule is CCSCCCNc1ccc(C)c(NC(C)=O)c1. The number of anilines is 2. The average Bonchev–Trinajstić information content (AvgIpc) is 2.32. The van der Waals surface area contributed by atoms with E-state index in [0.29, 0.717) is 0 Å². The number of carbonyl (C=O) groups excluding carboxylic acids is 1. The Balaban J connectivity index is 2.48. The largest absolute Gasteiger partial charge is 0.385 e. The number of carbonyl (C=O) groups is 1. The Morgan fingerprint density at radius 1 is 1.39 bits per heavy atom. The summed E-state index contributed by atoms with van der Waals surface area (Å²) >= 11 is 1.96. The lowest BCUT2D eigenvalue weighted by Gasteiger charge is -2.11. The molecule has 3 nitrogen and oxygen atoms in total. The fourth-order valence-electron chi connectivity index (χ4n) is 1.61. The Bertz CT molecular complexity index is 393. The first-order chi connectivity index (χ1) is 8.63. The third-order valence-electron chi connectivity index (χ3n) is 2.55. The molecule has 2 N–H and O–H groups in total. The molecule has 18 heavy (non-hydrogen) atoms. The summed E-state index contributed by atoms with van der Waals surface area (Å²) < 4.78 is 0. The molecule has 1 amide bonds. The zero-order valence-corrected chi connectivity index (χ0v) is 12.2. The van der Waals surface area contributed by atoms with Gasteiger partial charge < -0.3 is 10.6 Å². The quantitative estimate of drug-likeness (QED) is 0.742. The second kappa shape index (κ2) is 8.03. The van der Waals surface area contributed by atoms with Crippen molar-refractivity contribution in [3.05, 3.63) is 23.8 Å². The van der Waals surface area contributed by atoms with Gasteiger partial charge in [-0.3, -0.25) is 4.79 Å². The molecule has 0 radical (unpaired) electrons. The molecular weight excluding hydrogens is 244 g/mol. The van der Waals surface area contributed by atoms with Crippen LogP contribution < -0.4 is 10.6 Å². The molecule has 1 aromatic carbocycles.